The van der Waals surface area contributed by atoms with Crippen LogP contribution in [0.5, 0.6) is 0 Å². The Kier molecular flexibility index (Phi) is 4.75. The number of allylic oxidation sites excluding steroid dienone is 2. The van der Waals surface area contributed by atoms with Crippen LogP contribution < -0.4 is 10.6 Å². The first-order valence-corrected chi connectivity index (χ1v) is 5.35. The molecule has 1 aromatic rings. The minimum Gasteiger partial charge on any atom is -0.159 e. The Bertz CT molecular complexity index is 427. The van der Waals surface area contributed by atoms with Crippen LogP contribution in [0.4, 0.5) is 0 Å². The molecule has 0 spiro atoms. The van der Waals surface area contributed by atoms with Crippen LogP contribution in [-0.4, -0.2) is 10.2 Å². The monoisotopic (exact) mass is 202 g/mol. The van der Waals surface area contributed by atoms with Gasteiger partial charge in [-0.2, -0.15) is 10.2 Å². The smallest absolute Gasteiger partial charge is 0.0926 e. The summed E-state index contributed by atoms with van der Waals surface area (Å²) in [6.45, 7) is 6.50. The van der Waals surface area contributed by atoms with E-state index < -0.39 is 0 Å². The molecule has 0 N–H and O–H groups in total. The minimum atomic E-state index is 0.833. The van der Waals surface area contributed by atoms with Gasteiger partial charge in [0.25, 0.3) is 0 Å². The topological polar surface area (TPSA) is 25.8 Å². The van der Waals surface area contributed by atoms with Gasteiger partial charge in [-0.3, -0.25) is 0 Å². The van der Waals surface area contributed by atoms with Crippen LogP contribution in [0.1, 0.15) is 27.2 Å². The van der Waals surface area contributed by atoms with Gasteiger partial charge in [0, 0.05) is 0 Å². The van der Waals surface area contributed by atoms with Crippen LogP contribution in [-0.2, 0) is 0 Å². The Labute approximate surface area is 91.1 Å². The summed E-state index contributed by atoms with van der Waals surface area (Å²) >= 11 is 0. The lowest BCUT2D eigenvalue weighted by molar-refractivity contribution is 0.737. The molecule has 1 aliphatic carbocycles. The summed E-state index contributed by atoms with van der Waals surface area (Å²) < 4.78 is 0. The molecule has 80 valence electrons. The number of nitrogens with zero attached hydrogens (tertiary/aromatic N) is 2. The maximum Gasteiger partial charge on any atom is 0.0926 e. The van der Waals surface area contributed by atoms with E-state index in [4.69, 9.17) is 0 Å². The predicted molar refractivity (Wildman–Crippen MR) is 64.5 cm³/mol. The molecule has 1 heterocycles. The van der Waals surface area contributed by atoms with Crippen LogP contribution in [0.25, 0.3) is 12.2 Å². The Morgan fingerprint density at radius 2 is 2.00 bits per heavy atom. The zero-order valence-corrected chi connectivity index (χ0v) is 9.64. The second-order valence-electron chi connectivity index (χ2n) is 4.14. The molecule has 1 aromatic heterocycles. The maximum absolute atomic E-state index is 3.99. The summed E-state index contributed by atoms with van der Waals surface area (Å²) in [7, 11) is 0. The molecule has 1 aliphatic rings. The fourth-order valence-corrected chi connectivity index (χ4v) is 1.09. The number of aromatic nitrogens is 2. The summed E-state index contributed by atoms with van der Waals surface area (Å²) in [5.74, 6) is 0.833. The molecule has 0 atom stereocenters. The number of hydrogen-bond acceptors (Lipinski definition) is 2. The quantitative estimate of drug-likeness (QED) is 0.639. The predicted octanol–water partition coefficient (Wildman–Crippen LogP) is 1.66. The standard InChI is InChI=1S/C9H8N2.C4H10/c1-2-4-8-6-7-10-11-9(8)5-3-1;1-4(2)3/h1,3-7H,2H2;4H,1-3H3. The average Bonchev–Trinajstić information content (AvgIpc) is 2.41. The third-order valence-electron chi connectivity index (χ3n) is 1.65. The van der Waals surface area contributed by atoms with Crippen LogP contribution in [0, 0.1) is 5.92 Å². The van der Waals surface area contributed by atoms with Gasteiger partial charge in [0.1, 0.15) is 0 Å². The first kappa shape index (κ1) is 11.6. The van der Waals surface area contributed by atoms with E-state index in [0.717, 1.165) is 17.7 Å². The molecule has 0 bridgehead atoms. The lowest BCUT2D eigenvalue weighted by Crippen LogP contribution is -2.27. The fourth-order valence-electron chi connectivity index (χ4n) is 1.09. The summed E-state index contributed by atoms with van der Waals surface area (Å²) in [6, 6.07) is 1.98. The zero-order valence-electron chi connectivity index (χ0n) is 9.64. The largest absolute Gasteiger partial charge is 0.159 e. The molecule has 2 nitrogen and oxygen atoms in total. The van der Waals surface area contributed by atoms with Gasteiger partial charge >= 0.3 is 0 Å². The Morgan fingerprint density at radius 3 is 2.73 bits per heavy atom. The third-order valence-corrected chi connectivity index (χ3v) is 1.65. The van der Waals surface area contributed by atoms with Crippen molar-refractivity contribution in [3.05, 3.63) is 35.0 Å². The number of hydrogen-bond donors (Lipinski definition) is 0. The van der Waals surface area contributed by atoms with E-state index in [1.165, 1.54) is 5.22 Å². The van der Waals surface area contributed by atoms with Gasteiger partial charge in [-0.05, 0) is 29.7 Å². The second kappa shape index (κ2) is 6.12. The van der Waals surface area contributed by atoms with Crippen molar-refractivity contribution in [3.8, 4) is 0 Å². The van der Waals surface area contributed by atoms with E-state index in [2.05, 4.69) is 43.1 Å². The van der Waals surface area contributed by atoms with Gasteiger partial charge in [0.05, 0.1) is 11.5 Å². The van der Waals surface area contributed by atoms with Crippen molar-refractivity contribution in [1.82, 2.24) is 10.2 Å². The second-order valence-corrected chi connectivity index (χ2v) is 4.14. The summed E-state index contributed by atoms with van der Waals surface area (Å²) in [4.78, 5) is 0. The van der Waals surface area contributed by atoms with Crippen molar-refractivity contribution in [1.29, 1.82) is 0 Å². The zero-order chi connectivity index (χ0) is 11.1. The highest BCUT2D eigenvalue weighted by molar-refractivity contribution is 5.41. The van der Waals surface area contributed by atoms with E-state index in [-0.39, 0.29) is 0 Å². The van der Waals surface area contributed by atoms with Crippen molar-refractivity contribution < 1.29 is 0 Å². The molecule has 2 heteroatoms. The van der Waals surface area contributed by atoms with Crippen molar-refractivity contribution in [2.75, 3.05) is 0 Å². The van der Waals surface area contributed by atoms with Gasteiger partial charge in [0.15, 0.2) is 0 Å². The van der Waals surface area contributed by atoms with Crippen LogP contribution in [0.15, 0.2) is 24.4 Å². The van der Waals surface area contributed by atoms with Gasteiger partial charge < -0.3 is 0 Å². The highest BCUT2D eigenvalue weighted by atomic mass is 15.1. The summed E-state index contributed by atoms with van der Waals surface area (Å²) in [6.07, 6.45) is 10.9. The first-order valence-electron chi connectivity index (χ1n) is 5.35. The highest BCUT2D eigenvalue weighted by Gasteiger charge is 1.86. The fraction of sp³-hybridized carbons (Fsp3) is 0.385. The van der Waals surface area contributed by atoms with Gasteiger partial charge in [-0.25, -0.2) is 0 Å². The van der Waals surface area contributed by atoms with Gasteiger partial charge in [0.2, 0.25) is 0 Å². The highest BCUT2D eigenvalue weighted by Crippen LogP contribution is 1.86. The first-order chi connectivity index (χ1) is 7.20. The van der Waals surface area contributed by atoms with E-state index in [1.54, 1.807) is 6.20 Å². The SMILES string of the molecule is C1=CCC=c2ccnnc2=C1.CC(C)C. The molecule has 0 aliphatic heterocycles. The molecule has 0 amide bonds. The summed E-state index contributed by atoms with van der Waals surface area (Å²) in [5.41, 5.74) is 0. The van der Waals surface area contributed by atoms with E-state index in [0.29, 0.717) is 0 Å². The van der Waals surface area contributed by atoms with E-state index >= 15 is 0 Å². The Morgan fingerprint density at radius 1 is 1.27 bits per heavy atom. The molecule has 0 aromatic carbocycles. The molecule has 2 rings (SSSR count). The van der Waals surface area contributed by atoms with E-state index in [9.17, 15) is 0 Å². The lowest BCUT2D eigenvalue weighted by atomic mass is 10.3. The maximum atomic E-state index is 3.99. The Hall–Kier alpha value is -1.44. The molecule has 0 unspecified atom stereocenters. The van der Waals surface area contributed by atoms with Crippen molar-refractivity contribution in [2.45, 2.75) is 27.2 Å². The Balaban J connectivity index is 0.000000245. The minimum absolute atomic E-state index is 0.833. The molecule has 0 fully saturated rings. The van der Waals surface area contributed by atoms with Crippen molar-refractivity contribution in [2.24, 2.45) is 5.92 Å². The normalized spacial score (nSPS) is 12.8. The molecular formula is C13H18N2. The summed E-state index contributed by atoms with van der Waals surface area (Å²) in [5, 5.41) is 9.93. The molecule has 15 heavy (non-hydrogen) atoms. The van der Waals surface area contributed by atoms with Crippen LogP contribution >= 0.6 is 0 Å². The lowest BCUT2D eigenvalue weighted by Gasteiger charge is -1.83. The van der Waals surface area contributed by atoms with Crippen LogP contribution in [0.3, 0.4) is 0 Å². The van der Waals surface area contributed by atoms with Crippen LogP contribution in [0.2, 0.25) is 0 Å². The van der Waals surface area contributed by atoms with Crippen molar-refractivity contribution >= 4 is 12.2 Å². The van der Waals surface area contributed by atoms with E-state index in [1.807, 2.05) is 18.2 Å². The van der Waals surface area contributed by atoms with Gasteiger partial charge in [-0.1, -0.05) is 39.0 Å². The molecule has 0 saturated carbocycles. The third kappa shape index (κ3) is 4.54. The number of rotatable bonds is 0. The van der Waals surface area contributed by atoms with Gasteiger partial charge in [-0.15, -0.1) is 0 Å². The molecule has 0 radical (unpaired) electrons. The molecule has 0 saturated heterocycles. The molecular weight excluding hydrogens is 184 g/mol. The average molecular weight is 202 g/mol. The number of fused-ring (bicyclic) bond motifs is 1. The van der Waals surface area contributed by atoms with Crippen molar-refractivity contribution in [3.63, 3.8) is 0 Å².